The van der Waals surface area contributed by atoms with Gasteiger partial charge in [-0.15, -0.1) is 0 Å². The van der Waals surface area contributed by atoms with Gasteiger partial charge in [0, 0.05) is 18.9 Å². The molecule has 2 aromatic rings. The third-order valence-corrected chi connectivity index (χ3v) is 6.14. The monoisotopic (exact) mass is 467 g/mol. The van der Waals surface area contributed by atoms with E-state index in [-0.39, 0.29) is 24.0 Å². The first-order valence-corrected chi connectivity index (χ1v) is 11.2. The van der Waals surface area contributed by atoms with Crippen LogP contribution in [0.15, 0.2) is 53.1 Å². The van der Waals surface area contributed by atoms with Crippen LogP contribution in [0.4, 0.5) is 0 Å². The van der Waals surface area contributed by atoms with Crippen molar-refractivity contribution in [1.82, 2.24) is 10.6 Å². The molecule has 0 saturated heterocycles. The summed E-state index contributed by atoms with van der Waals surface area (Å²) in [7, 11) is 4.52. The number of methoxy groups -OCH3 is 3. The van der Waals surface area contributed by atoms with Gasteiger partial charge in [-0.1, -0.05) is 42.1 Å². The van der Waals surface area contributed by atoms with Crippen LogP contribution >= 0.6 is 11.8 Å². The minimum atomic E-state index is -0.507. The standard InChI is InChI=1S/C24H25N3O5S/c1-30-19-9-16(10-20(31-2)23(19)32-3)17-11-21(28)27-24(18(17)12-25)33-14-22(29)26-13-15-7-5-4-6-8-15/h4-10,17H,11,13-14H2,1-3H3,(H,26,29)(H,27,28)/t17-/m0/s1. The molecule has 9 heteroatoms. The molecule has 0 spiro atoms. The average molecular weight is 468 g/mol. The Labute approximate surface area is 196 Å². The van der Waals surface area contributed by atoms with Crippen molar-refractivity contribution in [3.8, 4) is 23.3 Å². The Morgan fingerprint density at radius 1 is 1.15 bits per heavy atom. The van der Waals surface area contributed by atoms with E-state index in [1.165, 1.54) is 21.3 Å². The van der Waals surface area contributed by atoms with E-state index in [9.17, 15) is 14.9 Å². The molecular formula is C24H25N3O5S. The highest BCUT2D eigenvalue weighted by Gasteiger charge is 2.31. The Morgan fingerprint density at radius 3 is 2.39 bits per heavy atom. The normalized spacial score (nSPS) is 15.3. The van der Waals surface area contributed by atoms with Crippen LogP contribution in [0.3, 0.4) is 0 Å². The predicted molar refractivity (Wildman–Crippen MR) is 125 cm³/mol. The van der Waals surface area contributed by atoms with E-state index in [4.69, 9.17) is 14.2 Å². The lowest BCUT2D eigenvalue weighted by Crippen LogP contribution is -2.32. The van der Waals surface area contributed by atoms with Crippen molar-refractivity contribution < 1.29 is 23.8 Å². The zero-order valence-corrected chi connectivity index (χ0v) is 19.5. The average Bonchev–Trinajstić information content (AvgIpc) is 2.85. The molecular weight excluding hydrogens is 442 g/mol. The highest BCUT2D eigenvalue weighted by Crippen LogP contribution is 2.44. The van der Waals surface area contributed by atoms with Crippen LogP contribution in [0.2, 0.25) is 0 Å². The topological polar surface area (TPSA) is 110 Å². The van der Waals surface area contributed by atoms with Crippen molar-refractivity contribution in [3.05, 3.63) is 64.2 Å². The summed E-state index contributed by atoms with van der Waals surface area (Å²) in [5.41, 5.74) is 2.05. The molecule has 0 aliphatic carbocycles. The number of allylic oxidation sites excluding steroid dienone is 1. The Hall–Kier alpha value is -3.64. The molecule has 8 nitrogen and oxygen atoms in total. The Morgan fingerprint density at radius 2 is 1.82 bits per heavy atom. The molecule has 33 heavy (non-hydrogen) atoms. The van der Waals surface area contributed by atoms with Gasteiger partial charge in [-0.05, 0) is 23.3 Å². The van der Waals surface area contributed by atoms with Crippen molar-refractivity contribution in [2.75, 3.05) is 27.1 Å². The molecule has 2 N–H and O–H groups in total. The van der Waals surface area contributed by atoms with Crippen molar-refractivity contribution in [2.24, 2.45) is 0 Å². The highest BCUT2D eigenvalue weighted by atomic mass is 32.2. The second-order valence-electron chi connectivity index (χ2n) is 7.17. The van der Waals surface area contributed by atoms with Gasteiger partial charge < -0.3 is 24.8 Å². The zero-order chi connectivity index (χ0) is 23.8. The molecule has 1 heterocycles. The summed E-state index contributed by atoms with van der Waals surface area (Å²) >= 11 is 1.13. The van der Waals surface area contributed by atoms with Crippen molar-refractivity contribution >= 4 is 23.6 Å². The first-order chi connectivity index (χ1) is 16.0. The van der Waals surface area contributed by atoms with E-state index in [0.29, 0.717) is 40.0 Å². The first kappa shape index (κ1) is 24.0. The fourth-order valence-corrected chi connectivity index (χ4v) is 4.41. The van der Waals surface area contributed by atoms with Gasteiger partial charge in [0.15, 0.2) is 11.5 Å². The summed E-state index contributed by atoms with van der Waals surface area (Å²) < 4.78 is 16.2. The van der Waals surface area contributed by atoms with Crippen molar-refractivity contribution in [3.63, 3.8) is 0 Å². The molecule has 3 rings (SSSR count). The number of hydrogen-bond donors (Lipinski definition) is 2. The van der Waals surface area contributed by atoms with Crippen LogP contribution in [0.25, 0.3) is 0 Å². The summed E-state index contributed by atoms with van der Waals surface area (Å²) in [6.07, 6.45) is 0.0891. The smallest absolute Gasteiger partial charge is 0.230 e. The molecule has 2 amide bonds. The number of benzene rings is 2. The number of carbonyl (C=O) groups is 2. The van der Waals surface area contributed by atoms with E-state index in [1.807, 2.05) is 30.3 Å². The molecule has 0 fully saturated rings. The molecule has 0 radical (unpaired) electrons. The third kappa shape index (κ3) is 5.79. The molecule has 0 aromatic heterocycles. The SMILES string of the molecule is COc1cc([C@@H]2CC(=O)NC(SCC(=O)NCc3ccccc3)=C2C#N)cc(OC)c1OC. The molecule has 1 atom stereocenters. The lowest BCUT2D eigenvalue weighted by atomic mass is 9.86. The molecule has 172 valence electrons. The fraction of sp³-hybridized carbons (Fsp3) is 0.292. The molecule has 0 unspecified atom stereocenters. The number of nitriles is 1. The quantitative estimate of drug-likeness (QED) is 0.583. The maximum absolute atomic E-state index is 12.5. The van der Waals surface area contributed by atoms with Crippen LogP contribution in [-0.2, 0) is 16.1 Å². The van der Waals surface area contributed by atoms with Gasteiger partial charge in [0.25, 0.3) is 0 Å². The third-order valence-electron chi connectivity index (χ3n) is 5.13. The largest absolute Gasteiger partial charge is 0.493 e. The van der Waals surface area contributed by atoms with E-state index in [1.54, 1.807) is 12.1 Å². The minimum absolute atomic E-state index is 0.0651. The second-order valence-corrected chi connectivity index (χ2v) is 8.15. The van der Waals surface area contributed by atoms with Crippen LogP contribution < -0.4 is 24.8 Å². The number of ether oxygens (including phenoxy) is 3. The molecule has 0 saturated carbocycles. The fourth-order valence-electron chi connectivity index (χ4n) is 3.51. The van der Waals surface area contributed by atoms with Gasteiger partial charge in [0.1, 0.15) is 0 Å². The second kappa shape index (κ2) is 11.3. The summed E-state index contributed by atoms with van der Waals surface area (Å²) in [4.78, 5) is 24.8. The van der Waals surface area contributed by atoms with Crippen molar-refractivity contribution in [2.45, 2.75) is 18.9 Å². The van der Waals surface area contributed by atoms with E-state index in [2.05, 4.69) is 16.7 Å². The van der Waals surface area contributed by atoms with E-state index >= 15 is 0 Å². The highest BCUT2D eigenvalue weighted by molar-refractivity contribution is 8.03. The lowest BCUT2D eigenvalue weighted by Gasteiger charge is -2.26. The minimum Gasteiger partial charge on any atom is -0.493 e. The number of hydrogen-bond acceptors (Lipinski definition) is 7. The zero-order valence-electron chi connectivity index (χ0n) is 18.6. The van der Waals surface area contributed by atoms with Crippen LogP contribution in [-0.4, -0.2) is 38.9 Å². The Kier molecular flexibility index (Phi) is 8.22. The summed E-state index contributed by atoms with van der Waals surface area (Å²) in [6.45, 7) is 0.408. The predicted octanol–water partition coefficient (Wildman–Crippen LogP) is 3.10. The molecule has 2 aromatic carbocycles. The maximum atomic E-state index is 12.5. The van der Waals surface area contributed by atoms with E-state index in [0.717, 1.165) is 17.3 Å². The summed E-state index contributed by atoms with van der Waals surface area (Å²) in [5.74, 6) is 0.422. The lowest BCUT2D eigenvalue weighted by molar-refractivity contribution is -0.121. The summed E-state index contributed by atoms with van der Waals surface area (Å²) in [5, 5.41) is 15.9. The number of thioether (sulfide) groups is 1. The summed E-state index contributed by atoms with van der Waals surface area (Å²) in [6, 6.07) is 15.2. The van der Waals surface area contributed by atoms with Gasteiger partial charge in [0.2, 0.25) is 17.6 Å². The molecule has 1 aliphatic heterocycles. The van der Waals surface area contributed by atoms with Crippen LogP contribution in [0, 0.1) is 11.3 Å². The first-order valence-electron chi connectivity index (χ1n) is 10.2. The number of nitrogens with one attached hydrogen (secondary N) is 2. The van der Waals surface area contributed by atoms with Gasteiger partial charge >= 0.3 is 0 Å². The number of rotatable bonds is 9. The molecule has 1 aliphatic rings. The van der Waals surface area contributed by atoms with Crippen molar-refractivity contribution in [1.29, 1.82) is 5.26 Å². The number of carbonyl (C=O) groups excluding carboxylic acids is 2. The van der Waals surface area contributed by atoms with Gasteiger partial charge in [-0.3, -0.25) is 9.59 Å². The Balaban J connectivity index is 1.80. The van der Waals surface area contributed by atoms with Crippen LogP contribution in [0.5, 0.6) is 17.2 Å². The number of nitrogens with zero attached hydrogens (tertiary/aromatic N) is 1. The Bertz CT molecular complexity index is 1070. The van der Waals surface area contributed by atoms with Gasteiger partial charge in [-0.2, -0.15) is 5.26 Å². The van der Waals surface area contributed by atoms with Gasteiger partial charge in [-0.25, -0.2) is 0 Å². The van der Waals surface area contributed by atoms with Crippen LogP contribution in [0.1, 0.15) is 23.5 Å². The number of amides is 2. The van der Waals surface area contributed by atoms with Gasteiger partial charge in [0.05, 0.1) is 43.8 Å². The maximum Gasteiger partial charge on any atom is 0.230 e. The molecule has 0 bridgehead atoms. The van der Waals surface area contributed by atoms with E-state index < -0.39 is 5.92 Å².